The molecule has 3 nitrogen and oxygen atoms in total. The van der Waals surface area contributed by atoms with Gasteiger partial charge in [-0.2, -0.15) is 0 Å². The van der Waals surface area contributed by atoms with Gasteiger partial charge >= 0.3 is 0 Å². The average molecular weight is 271 g/mol. The molecule has 0 radical (unpaired) electrons. The molecule has 0 saturated carbocycles. The molecule has 0 saturated heterocycles. The lowest BCUT2D eigenvalue weighted by molar-refractivity contribution is 0.278. The highest BCUT2D eigenvalue weighted by molar-refractivity contribution is 5.37. The van der Waals surface area contributed by atoms with E-state index in [2.05, 4.69) is 12.1 Å². The van der Waals surface area contributed by atoms with Crippen molar-refractivity contribution in [1.29, 1.82) is 0 Å². The smallest absolute Gasteiger partial charge is 0.119 e. The lowest BCUT2D eigenvalue weighted by Gasteiger charge is -2.16. The van der Waals surface area contributed by atoms with E-state index in [4.69, 9.17) is 10.5 Å². The van der Waals surface area contributed by atoms with Crippen LogP contribution in [0.3, 0.4) is 0 Å². The SMILES string of the molecule is COc1ccc(C(N)CCc2ccccc2)c(CO)c1. The van der Waals surface area contributed by atoms with E-state index < -0.39 is 0 Å². The van der Waals surface area contributed by atoms with Crippen LogP contribution in [0.25, 0.3) is 0 Å². The maximum atomic E-state index is 9.46. The summed E-state index contributed by atoms with van der Waals surface area (Å²) in [4.78, 5) is 0. The van der Waals surface area contributed by atoms with E-state index in [0.29, 0.717) is 0 Å². The van der Waals surface area contributed by atoms with Gasteiger partial charge in [-0.05, 0) is 41.7 Å². The summed E-state index contributed by atoms with van der Waals surface area (Å²) in [6, 6.07) is 15.9. The van der Waals surface area contributed by atoms with Crippen LogP contribution in [0.15, 0.2) is 48.5 Å². The minimum atomic E-state index is -0.0803. The van der Waals surface area contributed by atoms with Gasteiger partial charge in [0.05, 0.1) is 13.7 Å². The first kappa shape index (κ1) is 14.6. The molecule has 106 valence electrons. The predicted molar refractivity (Wildman–Crippen MR) is 80.6 cm³/mol. The van der Waals surface area contributed by atoms with Crippen molar-refractivity contribution in [2.45, 2.75) is 25.5 Å². The van der Waals surface area contributed by atoms with Crippen LogP contribution in [0, 0.1) is 0 Å². The second-order valence-electron chi connectivity index (χ2n) is 4.85. The number of aliphatic hydroxyl groups is 1. The average Bonchev–Trinajstić information content (AvgIpc) is 2.52. The van der Waals surface area contributed by atoms with Gasteiger partial charge in [0.1, 0.15) is 5.75 Å². The predicted octanol–water partition coefficient (Wildman–Crippen LogP) is 2.82. The molecule has 0 heterocycles. The molecule has 2 aromatic carbocycles. The molecule has 0 aliphatic heterocycles. The number of methoxy groups -OCH3 is 1. The van der Waals surface area contributed by atoms with Crippen molar-refractivity contribution in [3.05, 3.63) is 65.2 Å². The molecule has 0 aliphatic rings. The van der Waals surface area contributed by atoms with E-state index in [9.17, 15) is 5.11 Å². The maximum Gasteiger partial charge on any atom is 0.119 e. The van der Waals surface area contributed by atoms with Crippen molar-refractivity contribution in [2.75, 3.05) is 7.11 Å². The first-order valence-corrected chi connectivity index (χ1v) is 6.81. The van der Waals surface area contributed by atoms with Crippen LogP contribution in [-0.4, -0.2) is 12.2 Å². The second kappa shape index (κ2) is 7.08. The number of aliphatic hydroxyl groups excluding tert-OH is 1. The van der Waals surface area contributed by atoms with Crippen molar-refractivity contribution in [1.82, 2.24) is 0 Å². The van der Waals surface area contributed by atoms with Crippen LogP contribution in [0.2, 0.25) is 0 Å². The highest BCUT2D eigenvalue weighted by atomic mass is 16.5. The Morgan fingerprint density at radius 1 is 1.15 bits per heavy atom. The zero-order valence-electron chi connectivity index (χ0n) is 11.8. The molecule has 1 atom stereocenters. The largest absolute Gasteiger partial charge is 0.497 e. The van der Waals surface area contributed by atoms with E-state index in [-0.39, 0.29) is 12.6 Å². The molecule has 0 bridgehead atoms. The molecule has 2 aromatic rings. The summed E-state index contributed by atoms with van der Waals surface area (Å²) in [5.41, 5.74) is 9.37. The van der Waals surface area contributed by atoms with E-state index in [1.54, 1.807) is 7.11 Å². The zero-order valence-corrected chi connectivity index (χ0v) is 11.8. The molecule has 20 heavy (non-hydrogen) atoms. The van der Waals surface area contributed by atoms with Gasteiger partial charge in [-0.25, -0.2) is 0 Å². The Bertz CT molecular complexity index is 540. The van der Waals surface area contributed by atoms with Crippen molar-refractivity contribution >= 4 is 0 Å². The number of hydrogen-bond acceptors (Lipinski definition) is 3. The molecule has 3 N–H and O–H groups in total. The van der Waals surface area contributed by atoms with E-state index in [1.807, 2.05) is 36.4 Å². The monoisotopic (exact) mass is 271 g/mol. The lowest BCUT2D eigenvalue weighted by Crippen LogP contribution is -2.14. The van der Waals surface area contributed by atoms with Gasteiger partial charge in [-0.1, -0.05) is 36.4 Å². The summed E-state index contributed by atoms with van der Waals surface area (Å²) in [5, 5.41) is 9.46. The van der Waals surface area contributed by atoms with Crippen molar-refractivity contribution in [3.63, 3.8) is 0 Å². The van der Waals surface area contributed by atoms with Crippen molar-refractivity contribution in [3.8, 4) is 5.75 Å². The standard InChI is InChI=1S/C17H21NO2/c1-20-15-8-9-16(14(11-15)12-19)17(18)10-7-13-5-3-2-4-6-13/h2-6,8-9,11,17,19H,7,10,12,18H2,1H3. The molecule has 0 aliphatic carbocycles. The fourth-order valence-corrected chi connectivity index (χ4v) is 2.33. The third-order valence-electron chi connectivity index (χ3n) is 3.51. The third kappa shape index (κ3) is 3.59. The van der Waals surface area contributed by atoms with Crippen LogP contribution in [-0.2, 0) is 13.0 Å². The molecule has 2 rings (SSSR count). The topological polar surface area (TPSA) is 55.5 Å². The fourth-order valence-electron chi connectivity index (χ4n) is 2.33. The molecule has 0 aromatic heterocycles. The Labute approximate surface area is 120 Å². The molecule has 0 spiro atoms. The molecule has 0 fully saturated rings. The van der Waals surface area contributed by atoms with Gasteiger partial charge in [-0.15, -0.1) is 0 Å². The van der Waals surface area contributed by atoms with Gasteiger partial charge in [0, 0.05) is 6.04 Å². The second-order valence-corrected chi connectivity index (χ2v) is 4.85. The Hall–Kier alpha value is -1.84. The van der Waals surface area contributed by atoms with Crippen LogP contribution >= 0.6 is 0 Å². The van der Waals surface area contributed by atoms with Crippen molar-refractivity contribution in [2.24, 2.45) is 5.73 Å². The fraction of sp³-hybridized carbons (Fsp3) is 0.294. The Kier molecular flexibility index (Phi) is 5.16. The number of benzene rings is 2. The number of nitrogens with two attached hydrogens (primary N) is 1. The van der Waals surface area contributed by atoms with E-state index in [0.717, 1.165) is 29.7 Å². The Morgan fingerprint density at radius 3 is 2.55 bits per heavy atom. The molecule has 0 amide bonds. The zero-order chi connectivity index (χ0) is 14.4. The summed E-state index contributed by atoms with van der Waals surface area (Å²) in [7, 11) is 1.62. The van der Waals surface area contributed by atoms with Gasteiger partial charge in [0.15, 0.2) is 0 Å². The normalized spacial score (nSPS) is 12.2. The van der Waals surface area contributed by atoms with Gasteiger partial charge < -0.3 is 15.6 Å². The third-order valence-corrected chi connectivity index (χ3v) is 3.51. The van der Waals surface area contributed by atoms with Crippen LogP contribution in [0.1, 0.15) is 29.2 Å². The van der Waals surface area contributed by atoms with Gasteiger partial charge in [0.25, 0.3) is 0 Å². The molecule has 1 unspecified atom stereocenters. The van der Waals surface area contributed by atoms with Gasteiger partial charge in [0.2, 0.25) is 0 Å². The highest BCUT2D eigenvalue weighted by Crippen LogP contribution is 2.25. The van der Waals surface area contributed by atoms with Crippen LogP contribution in [0.4, 0.5) is 0 Å². The number of aryl methyl sites for hydroxylation is 1. The molecule has 3 heteroatoms. The summed E-state index contributed by atoms with van der Waals surface area (Å²) < 4.78 is 5.17. The van der Waals surface area contributed by atoms with Crippen molar-refractivity contribution < 1.29 is 9.84 Å². The summed E-state index contributed by atoms with van der Waals surface area (Å²) >= 11 is 0. The quantitative estimate of drug-likeness (QED) is 0.849. The molecular formula is C17H21NO2. The summed E-state index contributed by atoms with van der Waals surface area (Å²) in [6.45, 7) is -0.0223. The van der Waals surface area contributed by atoms with Crippen LogP contribution < -0.4 is 10.5 Å². The number of hydrogen-bond donors (Lipinski definition) is 2. The maximum absolute atomic E-state index is 9.46. The van der Waals surface area contributed by atoms with E-state index in [1.165, 1.54) is 5.56 Å². The van der Waals surface area contributed by atoms with E-state index >= 15 is 0 Å². The Morgan fingerprint density at radius 2 is 1.90 bits per heavy atom. The summed E-state index contributed by atoms with van der Waals surface area (Å²) in [6.07, 6.45) is 1.78. The minimum absolute atomic E-state index is 0.0223. The lowest BCUT2D eigenvalue weighted by atomic mass is 9.95. The highest BCUT2D eigenvalue weighted by Gasteiger charge is 2.12. The minimum Gasteiger partial charge on any atom is -0.497 e. The first-order valence-electron chi connectivity index (χ1n) is 6.81. The number of ether oxygens (including phenoxy) is 1. The number of rotatable bonds is 6. The first-order chi connectivity index (χ1) is 9.74. The van der Waals surface area contributed by atoms with Gasteiger partial charge in [-0.3, -0.25) is 0 Å². The van der Waals surface area contributed by atoms with Crippen LogP contribution in [0.5, 0.6) is 5.75 Å². The molecular weight excluding hydrogens is 250 g/mol. The summed E-state index contributed by atoms with van der Waals surface area (Å²) in [5.74, 6) is 0.744. The Balaban J connectivity index is 2.07.